The third-order valence-corrected chi connectivity index (χ3v) is 4.31. The average Bonchev–Trinajstić information content (AvgIpc) is 3.37. The number of furan rings is 1. The predicted molar refractivity (Wildman–Crippen MR) is 88.2 cm³/mol. The highest BCUT2D eigenvalue weighted by Gasteiger charge is 2.31. The van der Waals surface area contributed by atoms with Gasteiger partial charge < -0.3 is 14.3 Å². The second kappa shape index (κ2) is 6.45. The van der Waals surface area contributed by atoms with E-state index < -0.39 is 0 Å². The largest absolute Gasteiger partial charge is 0.468 e. The quantitative estimate of drug-likeness (QED) is 0.772. The van der Waals surface area contributed by atoms with Crippen molar-refractivity contribution in [1.82, 2.24) is 20.0 Å². The Morgan fingerprint density at radius 2 is 2.29 bits per heavy atom. The van der Waals surface area contributed by atoms with Gasteiger partial charge in [-0.1, -0.05) is 5.16 Å². The van der Waals surface area contributed by atoms with Crippen LogP contribution in [0.4, 0.5) is 5.82 Å². The lowest BCUT2D eigenvalue weighted by molar-refractivity contribution is 0.188. The number of nitrogens with zero attached hydrogens (tertiary/aromatic N) is 4. The number of rotatable bonds is 5. The molecule has 0 amide bonds. The Morgan fingerprint density at radius 1 is 1.33 bits per heavy atom. The van der Waals surface area contributed by atoms with Gasteiger partial charge in [0.1, 0.15) is 11.6 Å². The zero-order valence-electron chi connectivity index (χ0n) is 13.5. The maximum absolute atomic E-state index is 5.53. The maximum atomic E-state index is 5.53. The molecule has 0 bridgehead atoms. The second-order valence-electron chi connectivity index (χ2n) is 5.85. The lowest BCUT2D eigenvalue weighted by Crippen LogP contribution is -2.22. The summed E-state index contributed by atoms with van der Waals surface area (Å²) in [6.45, 7) is 1.76. The fourth-order valence-electron chi connectivity index (χ4n) is 3.06. The number of hydrogen-bond acceptors (Lipinski definition) is 7. The molecule has 0 aliphatic carbocycles. The Balaban J connectivity index is 1.52. The van der Waals surface area contributed by atoms with Crippen molar-refractivity contribution in [3.63, 3.8) is 0 Å². The van der Waals surface area contributed by atoms with Gasteiger partial charge in [0.05, 0.1) is 18.8 Å². The summed E-state index contributed by atoms with van der Waals surface area (Å²) in [7, 11) is 1.84. The Kier molecular flexibility index (Phi) is 4.00. The molecule has 3 aromatic rings. The predicted octanol–water partition coefficient (Wildman–Crippen LogP) is 3.10. The molecule has 0 aromatic carbocycles. The van der Waals surface area contributed by atoms with Gasteiger partial charge in [-0.2, -0.15) is 4.98 Å². The Hall–Kier alpha value is -2.67. The topological polar surface area (TPSA) is 80.2 Å². The molecular formula is C17H19N5O2. The number of likely N-dealkylation sites (tertiary alicyclic amines) is 1. The van der Waals surface area contributed by atoms with Crippen molar-refractivity contribution in [3.05, 3.63) is 48.4 Å². The molecule has 1 atom stereocenters. The van der Waals surface area contributed by atoms with Crippen LogP contribution in [0.15, 0.2) is 45.7 Å². The van der Waals surface area contributed by atoms with E-state index in [0.717, 1.165) is 43.1 Å². The van der Waals surface area contributed by atoms with Crippen LogP contribution >= 0.6 is 0 Å². The average molecular weight is 325 g/mol. The molecule has 0 spiro atoms. The monoisotopic (exact) mass is 325 g/mol. The van der Waals surface area contributed by atoms with Gasteiger partial charge in [-0.15, -0.1) is 0 Å². The van der Waals surface area contributed by atoms with E-state index in [1.165, 1.54) is 0 Å². The van der Waals surface area contributed by atoms with Gasteiger partial charge in [0, 0.05) is 18.8 Å². The van der Waals surface area contributed by atoms with Crippen molar-refractivity contribution in [1.29, 1.82) is 0 Å². The fraction of sp³-hybridized carbons (Fsp3) is 0.353. The zero-order chi connectivity index (χ0) is 16.4. The summed E-state index contributed by atoms with van der Waals surface area (Å²) < 4.78 is 11.0. The van der Waals surface area contributed by atoms with Crippen LogP contribution in [0.3, 0.4) is 0 Å². The van der Waals surface area contributed by atoms with Crippen LogP contribution in [0.2, 0.25) is 0 Å². The Bertz CT molecular complexity index is 782. The van der Waals surface area contributed by atoms with E-state index in [1.54, 1.807) is 12.5 Å². The third-order valence-electron chi connectivity index (χ3n) is 4.31. The lowest BCUT2D eigenvalue weighted by Gasteiger charge is -2.19. The first-order valence-corrected chi connectivity index (χ1v) is 8.07. The smallest absolute Gasteiger partial charge is 0.244 e. The summed E-state index contributed by atoms with van der Waals surface area (Å²) in [5.41, 5.74) is 0.847. The molecule has 1 aliphatic heterocycles. The molecule has 3 aromatic heterocycles. The van der Waals surface area contributed by atoms with Crippen molar-refractivity contribution in [3.8, 4) is 11.4 Å². The molecule has 124 valence electrons. The first-order chi connectivity index (χ1) is 11.8. The number of pyridine rings is 1. The van der Waals surface area contributed by atoms with Crippen LogP contribution in [-0.4, -0.2) is 33.6 Å². The maximum Gasteiger partial charge on any atom is 0.244 e. The van der Waals surface area contributed by atoms with Gasteiger partial charge in [-0.3, -0.25) is 4.90 Å². The Morgan fingerprint density at radius 3 is 3.04 bits per heavy atom. The Labute approximate surface area is 139 Å². The van der Waals surface area contributed by atoms with Gasteiger partial charge >= 0.3 is 0 Å². The zero-order valence-corrected chi connectivity index (χ0v) is 13.5. The second-order valence-corrected chi connectivity index (χ2v) is 5.85. The van der Waals surface area contributed by atoms with E-state index in [2.05, 4.69) is 25.3 Å². The molecule has 4 rings (SSSR count). The molecule has 1 aliphatic rings. The van der Waals surface area contributed by atoms with Crippen LogP contribution in [0.25, 0.3) is 11.4 Å². The molecule has 1 N–H and O–H groups in total. The molecular weight excluding hydrogens is 306 g/mol. The van der Waals surface area contributed by atoms with E-state index in [4.69, 9.17) is 8.94 Å². The van der Waals surface area contributed by atoms with Crippen molar-refractivity contribution in [2.24, 2.45) is 0 Å². The van der Waals surface area contributed by atoms with Crippen LogP contribution in [-0.2, 0) is 6.54 Å². The summed E-state index contributed by atoms with van der Waals surface area (Å²) in [4.78, 5) is 11.2. The van der Waals surface area contributed by atoms with Crippen LogP contribution in [0.5, 0.6) is 0 Å². The number of hydrogen-bond donors (Lipinski definition) is 1. The van der Waals surface area contributed by atoms with Gasteiger partial charge in [-0.25, -0.2) is 4.98 Å². The van der Waals surface area contributed by atoms with E-state index in [-0.39, 0.29) is 6.04 Å². The molecule has 0 unspecified atom stereocenters. The van der Waals surface area contributed by atoms with Crippen molar-refractivity contribution >= 4 is 5.82 Å². The van der Waals surface area contributed by atoms with Gasteiger partial charge in [0.25, 0.3) is 0 Å². The van der Waals surface area contributed by atoms with Crippen molar-refractivity contribution in [2.45, 2.75) is 25.4 Å². The SMILES string of the molecule is CNc1ccc(-c2noc([C@@H]3CCCN3Cc3ccco3)n2)cn1. The summed E-state index contributed by atoms with van der Waals surface area (Å²) >= 11 is 0. The van der Waals surface area contributed by atoms with Crippen LogP contribution in [0, 0.1) is 0 Å². The first kappa shape index (κ1) is 14.9. The van der Waals surface area contributed by atoms with Crippen LogP contribution in [0.1, 0.15) is 30.5 Å². The fourth-order valence-corrected chi connectivity index (χ4v) is 3.06. The lowest BCUT2D eigenvalue weighted by atomic mass is 10.2. The minimum absolute atomic E-state index is 0.140. The van der Waals surface area contributed by atoms with E-state index >= 15 is 0 Å². The summed E-state index contributed by atoms with van der Waals surface area (Å²) in [5, 5.41) is 7.11. The highest BCUT2D eigenvalue weighted by Crippen LogP contribution is 2.33. The molecule has 0 saturated carbocycles. The normalized spacial score (nSPS) is 18.1. The summed E-state index contributed by atoms with van der Waals surface area (Å²) in [6, 6.07) is 7.87. The summed E-state index contributed by atoms with van der Waals surface area (Å²) in [6.07, 6.45) is 5.57. The van der Waals surface area contributed by atoms with Crippen LogP contribution < -0.4 is 5.32 Å². The number of anilines is 1. The molecule has 24 heavy (non-hydrogen) atoms. The van der Waals surface area contributed by atoms with E-state index in [0.29, 0.717) is 11.7 Å². The minimum atomic E-state index is 0.140. The molecule has 1 fully saturated rings. The number of aromatic nitrogens is 3. The first-order valence-electron chi connectivity index (χ1n) is 8.07. The standard InChI is InChI=1S/C17H19N5O2/c1-18-15-7-6-12(10-19-15)16-20-17(24-21-16)14-5-2-8-22(14)11-13-4-3-9-23-13/h3-4,6-7,9-10,14H,2,5,8,11H2,1H3,(H,18,19)/t14-/m0/s1. The third kappa shape index (κ3) is 2.90. The minimum Gasteiger partial charge on any atom is -0.468 e. The van der Waals surface area contributed by atoms with E-state index in [1.807, 2.05) is 31.3 Å². The number of nitrogens with one attached hydrogen (secondary N) is 1. The molecule has 7 heteroatoms. The van der Waals surface area contributed by atoms with Gasteiger partial charge in [-0.05, 0) is 43.7 Å². The van der Waals surface area contributed by atoms with Gasteiger partial charge in [0.15, 0.2) is 0 Å². The molecule has 4 heterocycles. The highest BCUT2D eigenvalue weighted by molar-refractivity contribution is 5.55. The molecule has 7 nitrogen and oxygen atoms in total. The highest BCUT2D eigenvalue weighted by atomic mass is 16.5. The molecule has 1 saturated heterocycles. The van der Waals surface area contributed by atoms with Crippen molar-refractivity contribution in [2.75, 3.05) is 18.9 Å². The summed E-state index contributed by atoms with van der Waals surface area (Å²) in [5.74, 6) is 2.99. The van der Waals surface area contributed by atoms with Crippen molar-refractivity contribution < 1.29 is 8.94 Å². The van der Waals surface area contributed by atoms with Gasteiger partial charge in [0.2, 0.25) is 11.7 Å². The molecule has 0 radical (unpaired) electrons. The van der Waals surface area contributed by atoms with E-state index in [9.17, 15) is 0 Å².